The zero-order chi connectivity index (χ0) is 11.4. The molecular weight excluding hydrogens is 202 g/mol. The first kappa shape index (κ1) is 10.5. The van der Waals surface area contributed by atoms with Crippen molar-refractivity contribution in [1.29, 1.82) is 0 Å². The molecule has 0 unspecified atom stereocenters. The summed E-state index contributed by atoms with van der Waals surface area (Å²) in [7, 11) is 1.61. The van der Waals surface area contributed by atoms with Crippen LogP contribution in [0.2, 0.25) is 0 Å². The number of allylic oxidation sites excluding steroid dienone is 1. The van der Waals surface area contributed by atoms with Gasteiger partial charge in [0.05, 0.1) is 12.9 Å². The van der Waals surface area contributed by atoms with Crippen molar-refractivity contribution in [2.24, 2.45) is 0 Å². The highest BCUT2D eigenvalue weighted by Crippen LogP contribution is 2.15. The highest BCUT2D eigenvalue weighted by molar-refractivity contribution is 5.73. The molecule has 0 saturated carbocycles. The third-order valence-corrected chi connectivity index (χ3v) is 2.21. The Kier molecular flexibility index (Phi) is 3.05. The highest BCUT2D eigenvalue weighted by atomic mass is 16.5. The second-order valence-corrected chi connectivity index (χ2v) is 3.37. The average molecular weight is 215 g/mol. The minimum atomic E-state index is 0.602. The molecule has 0 amide bonds. The highest BCUT2D eigenvalue weighted by Gasteiger charge is 2.00. The van der Waals surface area contributed by atoms with Crippen LogP contribution in [0.5, 0.6) is 0 Å². The number of oxazole rings is 1. The molecule has 1 heterocycles. The monoisotopic (exact) mass is 215 g/mol. The molecule has 0 bridgehead atoms. The zero-order valence-corrected chi connectivity index (χ0v) is 9.14. The van der Waals surface area contributed by atoms with Crippen LogP contribution in [0.25, 0.3) is 17.2 Å². The van der Waals surface area contributed by atoms with Gasteiger partial charge in [0.15, 0.2) is 5.58 Å². The van der Waals surface area contributed by atoms with Crippen molar-refractivity contribution in [3.05, 3.63) is 48.6 Å². The average Bonchev–Trinajstić information content (AvgIpc) is 2.71. The number of rotatable bonds is 4. The van der Waals surface area contributed by atoms with Gasteiger partial charge in [0.2, 0.25) is 5.89 Å². The van der Waals surface area contributed by atoms with Gasteiger partial charge in [-0.05, 0) is 18.2 Å². The number of aromatic nitrogens is 1. The largest absolute Gasteiger partial charge is 0.501 e. The van der Waals surface area contributed by atoms with E-state index in [2.05, 4.69) is 11.6 Å². The number of fused-ring (bicyclic) bond motifs is 1. The summed E-state index contributed by atoms with van der Waals surface area (Å²) in [5.41, 5.74) is 1.67. The van der Waals surface area contributed by atoms with Gasteiger partial charge in [-0.25, -0.2) is 4.98 Å². The van der Waals surface area contributed by atoms with E-state index in [0.717, 1.165) is 11.1 Å². The smallest absolute Gasteiger partial charge is 0.219 e. The molecule has 0 aliphatic carbocycles. The number of methoxy groups -OCH3 is 1. The van der Waals surface area contributed by atoms with Crippen molar-refractivity contribution in [3.63, 3.8) is 0 Å². The fraction of sp³-hybridized carbons (Fsp3) is 0.154. The molecule has 2 aromatic rings. The zero-order valence-electron chi connectivity index (χ0n) is 9.14. The molecule has 0 aliphatic heterocycles. The molecule has 0 N–H and O–H groups in total. The van der Waals surface area contributed by atoms with Crippen LogP contribution in [0.4, 0.5) is 0 Å². The number of benzene rings is 1. The summed E-state index contributed by atoms with van der Waals surface area (Å²) in [6, 6.07) is 7.68. The molecule has 0 fully saturated rings. The van der Waals surface area contributed by atoms with Crippen molar-refractivity contribution in [1.82, 2.24) is 4.98 Å². The van der Waals surface area contributed by atoms with Crippen molar-refractivity contribution < 1.29 is 9.15 Å². The fourth-order valence-corrected chi connectivity index (χ4v) is 1.34. The Morgan fingerprint density at radius 3 is 3.06 bits per heavy atom. The third kappa shape index (κ3) is 2.31. The first-order valence-corrected chi connectivity index (χ1v) is 5.03. The minimum absolute atomic E-state index is 0.602. The van der Waals surface area contributed by atoms with Crippen LogP contribution in [0.3, 0.4) is 0 Å². The second-order valence-electron chi connectivity index (χ2n) is 3.37. The molecule has 0 aliphatic rings. The van der Waals surface area contributed by atoms with E-state index in [-0.39, 0.29) is 0 Å². The van der Waals surface area contributed by atoms with Crippen LogP contribution < -0.4 is 0 Å². The molecule has 2 rings (SSSR count). The molecule has 0 spiro atoms. The molecule has 3 heteroatoms. The lowest BCUT2D eigenvalue weighted by molar-refractivity contribution is 0.287. The van der Waals surface area contributed by atoms with Gasteiger partial charge < -0.3 is 9.15 Å². The molecule has 0 atom stereocenters. The summed E-state index contributed by atoms with van der Waals surface area (Å²) >= 11 is 0. The quantitative estimate of drug-likeness (QED) is 0.733. The van der Waals surface area contributed by atoms with Crippen molar-refractivity contribution >= 4 is 17.2 Å². The number of ether oxygens (including phenoxy) is 1. The number of hydrogen-bond acceptors (Lipinski definition) is 3. The number of nitrogens with zero attached hydrogens (tertiary/aromatic N) is 1. The summed E-state index contributed by atoms with van der Waals surface area (Å²) in [6.07, 6.45) is 4.40. The van der Waals surface area contributed by atoms with Crippen LogP contribution in [-0.2, 0) is 4.74 Å². The van der Waals surface area contributed by atoms with E-state index < -0.39 is 0 Å². The molecule has 0 radical (unpaired) electrons. The molecule has 3 nitrogen and oxygen atoms in total. The lowest BCUT2D eigenvalue weighted by Crippen LogP contribution is -1.80. The molecule has 0 saturated heterocycles. The summed E-state index contributed by atoms with van der Waals surface area (Å²) in [6.45, 7) is 3.72. The van der Waals surface area contributed by atoms with E-state index in [4.69, 9.17) is 9.15 Å². The van der Waals surface area contributed by atoms with Gasteiger partial charge in [0.1, 0.15) is 5.52 Å². The fourth-order valence-electron chi connectivity index (χ4n) is 1.34. The van der Waals surface area contributed by atoms with Gasteiger partial charge in [0, 0.05) is 6.42 Å². The van der Waals surface area contributed by atoms with E-state index >= 15 is 0 Å². The number of para-hydroxylation sites is 2. The predicted molar refractivity (Wildman–Crippen MR) is 63.8 cm³/mol. The SMILES string of the molecule is C=C(CC=Cc1nc2ccccc2o1)OC. The summed E-state index contributed by atoms with van der Waals surface area (Å²) in [5.74, 6) is 1.32. The first-order valence-electron chi connectivity index (χ1n) is 5.03. The Morgan fingerprint density at radius 1 is 1.50 bits per heavy atom. The van der Waals surface area contributed by atoms with Crippen molar-refractivity contribution in [3.8, 4) is 0 Å². The van der Waals surface area contributed by atoms with Crippen molar-refractivity contribution in [2.75, 3.05) is 7.11 Å². The Labute approximate surface area is 94.1 Å². The van der Waals surface area contributed by atoms with E-state index in [1.54, 1.807) is 7.11 Å². The van der Waals surface area contributed by atoms with Crippen LogP contribution in [-0.4, -0.2) is 12.1 Å². The summed E-state index contributed by atoms with van der Waals surface area (Å²) in [5, 5.41) is 0. The van der Waals surface area contributed by atoms with Gasteiger partial charge in [-0.1, -0.05) is 24.8 Å². The third-order valence-electron chi connectivity index (χ3n) is 2.21. The molecular formula is C13H13NO2. The van der Waals surface area contributed by atoms with Crippen LogP contribution >= 0.6 is 0 Å². The predicted octanol–water partition coefficient (Wildman–Crippen LogP) is 3.39. The van der Waals surface area contributed by atoms with E-state index in [1.807, 2.05) is 36.4 Å². The Bertz CT molecular complexity index is 492. The van der Waals surface area contributed by atoms with E-state index in [1.165, 1.54) is 0 Å². The normalized spacial score (nSPS) is 11.1. The maximum atomic E-state index is 5.52. The van der Waals surface area contributed by atoms with E-state index in [0.29, 0.717) is 18.1 Å². The van der Waals surface area contributed by atoms with Crippen LogP contribution in [0.15, 0.2) is 47.1 Å². The lowest BCUT2D eigenvalue weighted by Gasteiger charge is -1.96. The van der Waals surface area contributed by atoms with Gasteiger partial charge in [-0.3, -0.25) is 0 Å². The topological polar surface area (TPSA) is 35.3 Å². The molecule has 1 aromatic carbocycles. The van der Waals surface area contributed by atoms with Gasteiger partial charge in [-0.2, -0.15) is 0 Å². The molecule has 82 valence electrons. The molecule has 16 heavy (non-hydrogen) atoms. The van der Waals surface area contributed by atoms with Gasteiger partial charge in [-0.15, -0.1) is 0 Å². The maximum Gasteiger partial charge on any atom is 0.219 e. The Morgan fingerprint density at radius 2 is 2.31 bits per heavy atom. The van der Waals surface area contributed by atoms with Crippen LogP contribution in [0, 0.1) is 0 Å². The summed E-state index contributed by atoms with van der Waals surface area (Å²) in [4.78, 5) is 4.31. The maximum absolute atomic E-state index is 5.52. The van der Waals surface area contributed by atoms with E-state index in [9.17, 15) is 0 Å². The molecule has 1 aromatic heterocycles. The van der Waals surface area contributed by atoms with Gasteiger partial charge >= 0.3 is 0 Å². The van der Waals surface area contributed by atoms with Crippen LogP contribution in [0.1, 0.15) is 12.3 Å². The minimum Gasteiger partial charge on any atom is -0.501 e. The van der Waals surface area contributed by atoms with Crippen molar-refractivity contribution in [2.45, 2.75) is 6.42 Å². The second kappa shape index (κ2) is 4.66. The lowest BCUT2D eigenvalue weighted by atomic mass is 10.3. The number of hydrogen-bond donors (Lipinski definition) is 0. The first-order chi connectivity index (χ1) is 7.79. The van der Waals surface area contributed by atoms with Gasteiger partial charge in [0.25, 0.3) is 0 Å². The Balaban J connectivity index is 2.12. The standard InChI is InChI=1S/C13H13NO2/c1-10(15-2)6-5-9-13-14-11-7-3-4-8-12(11)16-13/h3-5,7-9H,1,6H2,2H3. The Hall–Kier alpha value is -2.03. The summed E-state index contributed by atoms with van der Waals surface area (Å²) < 4.78 is 10.5.